The quantitative estimate of drug-likeness (QED) is 0.729. The molecule has 1 aliphatic heterocycles. The maximum Gasteiger partial charge on any atom is 0.275 e. The van der Waals surface area contributed by atoms with Crippen LogP contribution in [0.1, 0.15) is 20.3 Å². The summed E-state index contributed by atoms with van der Waals surface area (Å²) < 4.78 is 39.7. The highest BCUT2D eigenvalue weighted by Gasteiger charge is 2.31. The van der Waals surface area contributed by atoms with E-state index in [9.17, 15) is 17.6 Å². The number of rotatable bonds is 6. The molecule has 1 aromatic carbocycles. The lowest BCUT2D eigenvalue weighted by Crippen LogP contribution is -3.15. The molecule has 2 rings (SSSR count). The molecule has 1 heterocycles. The number of nitrogens with zero attached hydrogens (tertiary/aromatic N) is 1. The van der Waals surface area contributed by atoms with Gasteiger partial charge in [-0.15, -0.1) is 0 Å². The van der Waals surface area contributed by atoms with E-state index in [1.165, 1.54) is 22.5 Å². The number of quaternary nitrogens is 1. The standard InChI is InChI=1S/C16H24FN3O3S/c1-3-13(2)18-16(21)12-19-7-9-20(10-8-19)24(22,23)15-6-4-5-14(17)11-15/h4-6,11,13H,3,7-10,12H2,1-2H3,(H,18,21)/p+1/t13-/m1/s1. The lowest BCUT2D eigenvalue weighted by atomic mass is 10.2. The predicted octanol–water partition coefficient (Wildman–Crippen LogP) is -0.370. The third-order valence-electron chi connectivity index (χ3n) is 4.29. The summed E-state index contributed by atoms with van der Waals surface area (Å²) in [4.78, 5) is 12.9. The SMILES string of the molecule is CC[C@@H](C)NC(=O)C[NH+]1CCN(S(=O)(=O)c2cccc(F)c2)CC1. The second kappa shape index (κ2) is 8.04. The maximum absolute atomic E-state index is 13.3. The van der Waals surface area contributed by atoms with Crippen molar-refractivity contribution in [1.82, 2.24) is 9.62 Å². The first-order valence-corrected chi connectivity index (χ1v) is 9.65. The van der Waals surface area contributed by atoms with Crippen LogP contribution in [0, 0.1) is 5.82 Å². The average Bonchev–Trinajstić information content (AvgIpc) is 2.55. The average molecular weight is 358 g/mol. The van der Waals surface area contributed by atoms with Crippen molar-refractivity contribution < 1.29 is 22.5 Å². The highest BCUT2D eigenvalue weighted by molar-refractivity contribution is 7.89. The van der Waals surface area contributed by atoms with Gasteiger partial charge in [-0.1, -0.05) is 13.0 Å². The number of piperazine rings is 1. The van der Waals surface area contributed by atoms with Gasteiger partial charge in [0.15, 0.2) is 6.54 Å². The molecule has 1 fully saturated rings. The molecular formula is C16H25FN3O3S+. The number of carbonyl (C=O) groups is 1. The van der Waals surface area contributed by atoms with Crippen LogP contribution in [0.25, 0.3) is 0 Å². The number of amides is 1. The number of benzene rings is 1. The molecule has 0 saturated carbocycles. The van der Waals surface area contributed by atoms with E-state index in [1.807, 2.05) is 13.8 Å². The number of nitrogens with one attached hydrogen (secondary N) is 2. The fourth-order valence-electron chi connectivity index (χ4n) is 2.65. The second-order valence-electron chi connectivity index (χ2n) is 6.17. The summed E-state index contributed by atoms with van der Waals surface area (Å²) in [7, 11) is -3.68. The molecule has 6 nitrogen and oxygen atoms in total. The summed E-state index contributed by atoms with van der Waals surface area (Å²) in [5.74, 6) is -0.581. The van der Waals surface area contributed by atoms with Crippen LogP contribution in [-0.2, 0) is 14.8 Å². The first-order valence-electron chi connectivity index (χ1n) is 8.21. The monoisotopic (exact) mass is 358 g/mol. The van der Waals surface area contributed by atoms with Crippen LogP contribution in [0.4, 0.5) is 4.39 Å². The molecule has 134 valence electrons. The van der Waals surface area contributed by atoms with Crippen LogP contribution in [0.2, 0.25) is 0 Å². The Labute approximate surface area is 142 Å². The van der Waals surface area contributed by atoms with Crippen molar-refractivity contribution in [3.05, 3.63) is 30.1 Å². The van der Waals surface area contributed by atoms with Gasteiger partial charge in [0.25, 0.3) is 5.91 Å². The fourth-order valence-corrected chi connectivity index (χ4v) is 4.12. The van der Waals surface area contributed by atoms with E-state index in [0.717, 1.165) is 17.4 Å². The number of carbonyl (C=O) groups excluding carboxylic acids is 1. The molecule has 0 bridgehead atoms. The van der Waals surface area contributed by atoms with Gasteiger partial charge < -0.3 is 10.2 Å². The highest BCUT2D eigenvalue weighted by atomic mass is 32.2. The maximum atomic E-state index is 13.3. The van der Waals surface area contributed by atoms with Crippen molar-refractivity contribution in [3.8, 4) is 0 Å². The van der Waals surface area contributed by atoms with Gasteiger partial charge in [0.1, 0.15) is 5.82 Å². The molecule has 0 spiro atoms. The smallest absolute Gasteiger partial charge is 0.275 e. The summed E-state index contributed by atoms with van der Waals surface area (Å²) in [5, 5.41) is 2.92. The molecule has 8 heteroatoms. The van der Waals surface area contributed by atoms with Gasteiger partial charge in [0.2, 0.25) is 10.0 Å². The minimum atomic E-state index is -3.68. The Morgan fingerprint density at radius 2 is 2.04 bits per heavy atom. The first-order chi connectivity index (χ1) is 11.3. The van der Waals surface area contributed by atoms with Crippen LogP contribution < -0.4 is 10.2 Å². The predicted molar refractivity (Wildman–Crippen MR) is 88.6 cm³/mol. The Hall–Kier alpha value is -1.51. The Morgan fingerprint density at radius 3 is 2.62 bits per heavy atom. The van der Waals surface area contributed by atoms with Crippen molar-refractivity contribution in [2.75, 3.05) is 32.7 Å². The van der Waals surface area contributed by atoms with Gasteiger partial charge in [-0.3, -0.25) is 4.79 Å². The Bertz CT molecular complexity index is 673. The van der Waals surface area contributed by atoms with Crippen LogP contribution in [0.3, 0.4) is 0 Å². The van der Waals surface area contributed by atoms with E-state index >= 15 is 0 Å². The van der Waals surface area contributed by atoms with Crippen molar-refractivity contribution in [3.63, 3.8) is 0 Å². The molecule has 1 amide bonds. The van der Waals surface area contributed by atoms with Gasteiger partial charge >= 0.3 is 0 Å². The zero-order valence-corrected chi connectivity index (χ0v) is 14.9. The summed E-state index contributed by atoms with van der Waals surface area (Å²) in [5.41, 5.74) is 0. The Balaban J connectivity index is 1.91. The molecule has 0 aliphatic carbocycles. The Morgan fingerprint density at radius 1 is 1.38 bits per heavy atom. The molecule has 1 saturated heterocycles. The zero-order chi connectivity index (χ0) is 17.7. The third kappa shape index (κ3) is 4.75. The first kappa shape index (κ1) is 18.8. The molecule has 2 N–H and O–H groups in total. The normalized spacial score (nSPS) is 18.3. The second-order valence-corrected chi connectivity index (χ2v) is 8.10. The third-order valence-corrected chi connectivity index (χ3v) is 6.19. The zero-order valence-electron chi connectivity index (χ0n) is 14.1. The van der Waals surface area contributed by atoms with Crippen LogP contribution >= 0.6 is 0 Å². The van der Waals surface area contributed by atoms with Gasteiger partial charge in [-0.2, -0.15) is 4.31 Å². The summed E-state index contributed by atoms with van der Waals surface area (Å²) in [6.45, 7) is 6.07. The summed E-state index contributed by atoms with van der Waals surface area (Å²) in [6, 6.07) is 5.19. The van der Waals surface area contributed by atoms with E-state index in [0.29, 0.717) is 32.7 Å². The lowest BCUT2D eigenvalue weighted by Gasteiger charge is -2.31. The largest absolute Gasteiger partial charge is 0.349 e. The van der Waals surface area contributed by atoms with Crippen molar-refractivity contribution in [1.29, 1.82) is 0 Å². The summed E-state index contributed by atoms with van der Waals surface area (Å²) in [6.07, 6.45) is 0.876. The number of hydrogen-bond acceptors (Lipinski definition) is 3. The molecule has 0 aromatic heterocycles. The van der Waals surface area contributed by atoms with E-state index in [-0.39, 0.29) is 16.8 Å². The molecule has 1 aromatic rings. The van der Waals surface area contributed by atoms with Gasteiger partial charge in [0, 0.05) is 6.04 Å². The highest BCUT2D eigenvalue weighted by Crippen LogP contribution is 2.16. The van der Waals surface area contributed by atoms with Gasteiger partial charge in [-0.25, -0.2) is 12.8 Å². The molecule has 0 unspecified atom stereocenters. The molecule has 1 aliphatic rings. The molecule has 1 atom stereocenters. The number of sulfonamides is 1. The number of halogens is 1. The van der Waals surface area contributed by atoms with Crippen molar-refractivity contribution >= 4 is 15.9 Å². The van der Waals surface area contributed by atoms with Crippen molar-refractivity contribution in [2.24, 2.45) is 0 Å². The minimum absolute atomic E-state index is 0.0132. The van der Waals surface area contributed by atoms with Gasteiger partial charge in [0.05, 0.1) is 31.1 Å². The van der Waals surface area contributed by atoms with Crippen LogP contribution in [0.5, 0.6) is 0 Å². The number of hydrogen-bond donors (Lipinski definition) is 2. The lowest BCUT2D eigenvalue weighted by molar-refractivity contribution is -0.895. The van der Waals surface area contributed by atoms with Gasteiger partial charge in [-0.05, 0) is 31.5 Å². The van der Waals surface area contributed by atoms with E-state index in [4.69, 9.17) is 0 Å². The minimum Gasteiger partial charge on any atom is -0.349 e. The van der Waals surface area contributed by atoms with E-state index in [2.05, 4.69) is 5.32 Å². The molecule has 24 heavy (non-hydrogen) atoms. The van der Waals surface area contributed by atoms with E-state index < -0.39 is 15.8 Å². The molecular weight excluding hydrogens is 333 g/mol. The topological polar surface area (TPSA) is 70.9 Å². The van der Waals surface area contributed by atoms with Crippen molar-refractivity contribution in [2.45, 2.75) is 31.2 Å². The van der Waals surface area contributed by atoms with Crippen LogP contribution in [0.15, 0.2) is 29.2 Å². The Kier molecular flexibility index (Phi) is 6.31. The van der Waals surface area contributed by atoms with E-state index in [1.54, 1.807) is 0 Å². The fraction of sp³-hybridized carbons (Fsp3) is 0.562. The summed E-state index contributed by atoms with van der Waals surface area (Å²) >= 11 is 0. The molecule has 0 radical (unpaired) electrons. The van der Waals surface area contributed by atoms with Crippen LogP contribution in [-0.4, -0.2) is 57.4 Å².